The Bertz CT molecular complexity index is 393. The first-order chi connectivity index (χ1) is 8.26. The van der Waals surface area contributed by atoms with Gasteiger partial charge in [-0.25, -0.2) is 9.37 Å². The summed E-state index contributed by atoms with van der Waals surface area (Å²) in [6, 6.07) is 3.58. The third kappa shape index (κ3) is 3.44. The summed E-state index contributed by atoms with van der Waals surface area (Å²) in [6.07, 6.45) is 4.78. The van der Waals surface area contributed by atoms with E-state index < -0.39 is 0 Å². The Labute approximate surface area is 109 Å². The SMILES string of the molecule is CC1(C)CC(Nc2ccc(F)cn2)CC(C)(C)C1. The van der Waals surface area contributed by atoms with Gasteiger partial charge in [-0.3, -0.25) is 0 Å². The molecular weight excluding hydrogens is 227 g/mol. The summed E-state index contributed by atoms with van der Waals surface area (Å²) >= 11 is 0. The van der Waals surface area contributed by atoms with Crippen LogP contribution in [0.3, 0.4) is 0 Å². The minimum Gasteiger partial charge on any atom is -0.367 e. The second kappa shape index (κ2) is 4.52. The number of aromatic nitrogens is 1. The van der Waals surface area contributed by atoms with Crippen molar-refractivity contribution in [1.29, 1.82) is 0 Å². The van der Waals surface area contributed by atoms with E-state index in [1.807, 2.05) is 0 Å². The topological polar surface area (TPSA) is 24.9 Å². The van der Waals surface area contributed by atoms with Gasteiger partial charge in [-0.1, -0.05) is 27.7 Å². The molecule has 1 fully saturated rings. The number of hydrogen-bond acceptors (Lipinski definition) is 2. The maximum atomic E-state index is 12.8. The van der Waals surface area contributed by atoms with E-state index in [2.05, 4.69) is 38.0 Å². The fourth-order valence-corrected chi connectivity index (χ4v) is 3.62. The third-order valence-corrected chi connectivity index (χ3v) is 3.63. The van der Waals surface area contributed by atoms with Gasteiger partial charge in [-0.05, 0) is 42.2 Å². The van der Waals surface area contributed by atoms with Crippen molar-refractivity contribution in [2.24, 2.45) is 10.8 Å². The Hall–Kier alpha value is -1.12. The molecule has 18 heavy (non-hydrogen) atoms. The first kappa shape index (κ1) is 13.3. The molecule has 1 aromatic rings. The van der Waals surface area contributed by atoms with Gasteiger partial charge in [-0.2, -0.15) is 0 Å². The van der Waals surface area contributed by atoms with Crippen molar-refractivity contribution in [2.75, 3.05) is 5.32 Å². The molecule has 0 aromatic carbocycles. The number of halogens is 1. The number of hydrogen-bond donors (Lipinski definition) is 1. The maximum absolute atomic E-state index is 12.8. The van der Waals surface area contributed by atoms with Gasteiger partial charge in [0.25, 0.3) is 0 Å². The fraction of sp³-hybridized carbons (Fsp3) is 0.667. The normalized spacial score (nSPS) is 22.7. The molecule has 0 radical (unpaired) electrons. The van der Waals surface area contributed by atoms with E-state index >= 15 is 0 Å². The quantitative estimate of drug-likeness (QED) is 0.849. The summed E-state index contributed by atoms with van der Waals surface area (Å²) in [4.78, 5) is 4.08. The van der Waals surface area contributed by atoms with E-state index in [4.69, 9.17) is 0 Å². The summed E-state index contributed by atoms with van der Waals surface area (Å²) in [5.41, 5.74) is 0.693. The Kier molecular flexibility index (Phi) is 3.35. The van der Waals surface area contributed by atoms with Crippen LogP contribution in [0, 0.1) is 16.6 Å². The van der Waals surface area contributed by atoms with Crippen molar-refractivity contribution in [1.82, 2.24) is 4.98 Å². The number of nitrogens with zero attached hydrogens (tertiary/aromatic N) is 1. The summed E-state index contributed by atoms with van der Waals surface area (Å²) in [5.74, 6) is 0.486. The van der Waals surface area contributed by atoms with Crippen LogP contribution in [0.1, 0.15) is 47.0 Å². The molecule has 0 bridgehead atoms. The number of pyridine rings is 1. The smallest absolute Gasteiger partial charge is 0.141 e. The molecule has 0 spiro atoms. The third-order valence-electron chi connectivity index (χ3n) is 3.63. The number of rotatable bonds is 2. The van der Waals surface area contributed by atoms with Gasteiger partial charge in [-0.15, -0.1) is 0 Å². The summed E-state index contributed by atoms with van der Waals surface area (Å²) in [7, 11) is 0. The van der Waals surface area contributed by atoms with Gasteiger partial charge in [0.1, 0.15) is 11.6 Å². The Balaban J connectivity index is 2.07. The number of anilines is 1. The molecule has 1 aliphatic rings. The van der Waals surface area contributed by atoms with Crippen LogP contribution in [0.2, 0.25) is 0 Å². The molecule has 1 aliphatic carbocycles. The second-order valence-electron chi connectivity index (χ2n) is 7.12. The van der Waals surface area contributed by atoms with Crippen LogP contribution in [-0.4, -0.2) is 11.0 Å². The predicted octanol–water partition coefficient (Wildman–Crippen LogP) is 4.24. The molecule has 0 atom stereocenters. The van der Waals surface area contributed by atoms with Crippen molar-refractivity contribution in [3.63, 3.8) is 0 Å². The fourth-order valence-electron chi connectivity index (χ4n) is 3.62. The zero-order valence-corrected chi connectivity index (χ0v) is 11.8. The zero-order chi connectivity index (χ0) is 13.4. The molecule has 100 valence electrons. The van der Waals surface area contributed by atoms with E-state index in [0.717, 1.165) is 18.7 Å². The molecule has 1 aromatic heterocycles. The molecule has 1 N–H and O–H groups in total. The van der Waals surface area contributed by atoms with Crippen molar-refractivity contribution >= 4 is 5.82 Å². The molecule has 1 saturated carbocycles. The van der Waals surface area contributed by atoms with Gasteiger partial charge in [0, 0.05) is 6.04 Å². The van der Waals surface area contributed by atoms with Gasteiger partial charge < -0.3 is 5.32 Å². The molecule has 1 heterocycles. The van der Waals surface area contributed by atoms with E-state index in [1.54, 1.807) is 6.07 Å². The lowest BCUT2D eigenvalue weighted by Gasteiger charge is -2.45. The summed E-state index contributed by atoms with van der Waals surface area (Å²) in [6.45, 7) is 9.28. The highest BCUT2D eigenvalue weighted by atomic mass is 19.1. The van der Waals surface area contributed by atoms with Gasteiger partial charge in [0.05, 0.1) is 6.20 Å². The summed E-state index contributed by atoms with van der Waals surface area (Å²) < 4.78 is 12.8. The first-order valence-electron chi connectivity index (χ1n) is 6.64. The van der Waals surface area contributed by atoms with E-state index in [1.165, 1.54) is 18.7 Å². The van der Waals surface area contributed by atoms with Crippen molar-refractivity contribution < 1.29 is 4.39 Å². The van der Waals surface area contributed by atoms with Crippen molar-refractivity contribution in [3.05, 3.63) is 24.1 Å². The Morgan fingerprint density at radius 1 is 1.17 bits per heavy atom. The highest BCUT2D eigenvalue weighted by molar-refractivity contribution is 5.35. The van der Waals surface area contributed by atoms with Crippen LogP contribution in [0.15, 0.2) is 18.3 Å². The molecular formula is C15H23FN2. The minimum absolute atomic E-state index is 0.287. The highest BCUT2D eigenvalue weighted by Crippen LogP contribution is 2.46. The van der Waals surface area contributed by atoms with E-state index in [-0.39, 0.29) is 5.82 Å². The molecule has 0 saturated heterocycles. The van der Waals surface area contributed by atoms with Crippen molar-refractivity contribution in [3.8, 4) is 0 Å². The van der Waals surface area contributed by atoms with Crippen LogP contribution < -0.4 is 5.32 Å². The lowest BCUT2D eigenvalue weighted by Crippen LogP contribution is -2.40. The Morgan fingerprint density at radius 2 is 1.78 bits per heavy atom. The maximum Gasteiger partial charge on any atom is 0.141 e. The van der Waals surface area contributed by atoms with Crippen LogP contribution in [-0.2, 0) is 0 Å². The Morgan fingerprint density at radius 3 is 2.28 bits per heavy atom. The molecule has 0 aliphatic heterocycles. The average molecular weight is 250 g/mol. The molecule has 2 nitrogen and oxygen atoms in total. The van der Waals surface area contributed by atoms with Crippen LogP contribution in [0.5, 0.6) is 0 Å². The monoisotopic (exact) mass is 250 g/mol. The summed E-state index contributed by atoms with van der Waals surface area (Å²) in [5, 5.41) is 3.44. The standard InChI is InChI=1S/C15H23FN2/c1-14(2)7-12(8-15(3,4)10-14)18-13-6-5-11(16)9-17-13/h5-6,9,12H,7-8,10H2,1-4H3,(H,17,18). The zero-order valence-electron chi connectivity index (χ0n) is 11.8. The highest BCUT2D eigenvalue weighted by Gasteiger charge is 2.38. The van der Waals surface area contributed by atoms with Crippen LogP contribution in [0.4, 0.5) is 10.2 Å². The average Bonchev–Trinajstić information content (AvgIpc) is 2.16. The van der Waals surface area contributed by atoms with E-state index in [9.17, 15) is 4.39 Å². The van der Waals surface area contributed by atoms with Gasteiger partial charge in [0.15, 0.2) is 0 Å². The van der Waals surface area contributed by atoms with Crippen molar-refractivity contribution in [2.45, 2.75) is 53.0 Å². The number of nitrogens with one attached hydrogen (secondary N) is 1. The molecule has 2 rings (SSSR count). The first-order valence-corrected chi connectivity index (χ1v) is 6.64. The van der Waals surface area contributed by atoms with Crippen LogP contribution >= 0.6 is 0 Å². The molecule has 0 unspecified atom stereocenters. The minimum atomic E-state index is -0.287. The van der Waals surface area contributed by atoms with Crippen LogP contribution in [0.25, 0.3) is 0 Å². The lowest BCUT2D eigenvalue weighted by molar-refractivity contribution is 0.105. The lowest BCUT2D eigenvalue weighted by atomic mass is 9.63. The van der Waals surface area contributed by atoms with E-state index in [0.29, 0.717) is 16.9 Å². The van der Waals surface area contributed by atoms with Gasteiger partial charge in [0.2, 0.25) is 0 Å². The molecule has 0 amide bonds. The largest absolute Gasteiger partial charge is 0.367 e. The van der Waals surface area contributed by atoms with Gasteiger partial charge >= 0.3 is 0 Å². The predicted molar refractivity (Wildman–Crippen MR) is 73.0 cm³/mol. The molecule has 3 heteroatoms. The second-order valence-corrected chi connectivity index (χ2v) is 7.12.